The third-order valence-corrected chi connectivity index (χ3v) is 5.14. The van der Waals surface area contributed by atoms with E-state index in [0.717, 1.165) is 35.0 Å². The van der Waals surface area contributed by atoms with Gasteiger partial charge in [0.2, 0.25) is 0 Å². The maximum Gasteiger partial charge on any atom is 0.299 e. The molecule has 0 aliphatic carbocycles. The Morgan fingerprint density at radius 2 is 1.64 bits per heavy atom. The Balaban J connectivity index is 1.58. The van der Waals surface area contributed by atoms with E-state index in [1.807, 2.05) is 0 Å². The zero-order valence-electron chi connectivity index (χ0n) is 17.0. The van der Waals surface area contributed by atoms with E-state index >= 15 is 8.78 Å². The van der Waals surface area contributed by atoms with Crippen molar-refractivity contribution in [3.8, 4) is 0 Å². The van der Waals surface area contributed by atoms with Gasteiger partial charge in [0.15, 0.2) is 6.33 Å². The molecule has 0 aliphatic heterocycles. The molecule has 0 radical (unpaired) electrons. The van der Waals surface area contributed by atoms with Crippen LogP contribution in [0.4, 0.5) is 22.0 Å². The van der Waals surface area contributed by atoms with Gasteiger partial charge < -0.3 is 0 Å². The van der Waals surface area contributed by atoms with Crippen LogP contribution in [0.25, 0.3) is 0 Å². The normalized spacial score (nSPS) is 12.6. The van der Waals surface area contributed by atoms with Crippen molar-refractivity contribution in [3.63, 3.8) is 0 Å². The molecule has 4 aromatic rings. The van der Waals surface area contributed by atoms with E-state index in [1.54, 1.807) is 12.1 Å². The molecule has 0 N–H and O–H groups in total. The Morgan fingerprint density at radius 1 is 0.879 bits per heavy atom. The van der Waals surface area contributed by atoms with Gasteiger partial charge >= 0.3 is 0 Å². The fourth-order valence-electron chi connectivity index (χ4n) is 3.39. The molecule has 0 saturated carbocycles. The van der Waals surface area contributed by atoms with Crippen LogP contribution in [0.15, 0.2) is 61.2 Å². The number of tetrazole rings is 1. The van der Waals surface area contributed by atoms with Gasteiger partial charge in [-0.3, -0.25) is 9.97 Å². The molecule has 0 fully saturated rings. The van der Waals surface area contributed by atoms with E-state index in [4.69, 9.17) is 0 Å². The lowest BCUT2D eigenvalue weighted by Crippen LogP contribution is -2.30. The standard InChI is InChI=1S/C22H17F5N6/c23-15-4-1-14(2-5-15)3-7-17-10-29-21(11-28-17)22(26,27)19(12-33-31-13-30-32-33)18-8-6-16(24)9-20(18)25/h1-2,4-6,8-11,13,19H,3,7,12H2. The van der Waals surface area contributed by atoms with Gasteiger partial charge in [0, 0.05) is 12.3 Å². The SMILES string of the molecule is Fc1ccc(CCc2cnc(C(F)(F)C(Cn3ncnn3)c3ccc(F)cc3F)cn2)cc1. The monoisotopic (exact) mass is 460 g/mol. The first kappa shape index (κ1) is 22.4. The number of rotatable bonds is 8. The van der Waals surface area contributed by atoms with Crippen LogP contribution < -0.4 is 0 Å². The van der Waals surface area contributed by atoms with Gasteiger partial charge in [0.25, 0.3) is 5.92 Å². The lowest BCUT2D eigenvalue weighted by atomic mass is 9.90. The van der Waals surface area contributed by atoms with Crippen molar-refractivity contribution in [1.82, 2.24) is 30.2 Å². The highest BCUT2D eigenvalue weighted by atomic mass is 19.3. The van der Waals surface area contributed by atoms with Crippen LogP contribution in [0.2, 0.25) is 0 Å². The summed E-state index contributed by atoms with van der Waals surface area (Å²) in [4.78, 5) is 8.83. The molecule has 2 aromatic carbocycles. The van der Waals surface area contributed by atoms with Crippen LogP contribution in [-0.4, -0.2) is 30.2 Å². The predicted octanol–water partition coefficient (Wildman–Crippen LogP) is 4.24. The number of halogens is 5. The van der Waals surface area contributed by atoms with Crippen molar-refractivity contribution in [2.24, 2.45) is 0 Å². The highest BCUT2D eigenvalue weighted by molar-refractivity contribution is 5.27. The molecule has 0 amide bonds. The number of benzene rings is 2. The van der Waals surface area contributed by atoms with Crippen LogP contribution in [-0.2, 0) is 25.3 Å². The van der Waals surface area contributed by atoms with Crippen LogP contribution in [0.1, 0.15) is 28.4 Å². The van der Waals surface area contributed by atoms with Crippen molar-refractivity contribution >= 4 is 0 Å². The number of aromatic nitrogens is 6. The Labute approximate surface area is 185 Å². The van der Waals surface area contributed by atoms with Crippen LogP contribution in [0.3, 0.4) is 0 Å². The number of hydrogen-bond donors (Lipinski definition) is 0. The van der Waals surface area contributed by atoms with E-state index < -0.39 is 41.3 Å². The summed E-state index contributed by atoms with van der Waals surface area (Å²) < 4.78 is 71.8. The quantitative estimate of drug-likeness (QED) is 0.368. The zero-order chi connectivity index (χ0) is 23.4. The molecule has 0 bridgehead atoms. The summed E-state index contributed by atoms with van der Waals surface area (Å²) in [7, 11) is 0. The minimum Gasteiger partial charge on any atom is -0.258 e. The first-order chi connectivity index (χ1) is 15.8. The predicted molar refractivity (Wildman–Crippen MR) is 107 cm³/mol. The molecule has 4 rings (SSSR count). The maximum atomic E-state index is 15.5. The van der Waals surface area contributed by atoms with Crippen molar-refractivity contribution in [2.75, 3.05) is 0 Å². The molecule has 6 nitrogen and oxygen atoms in total. The second-order valence-corrected chi connectivity index (χ2v) is 7.35. The Kier molecular flexibility index (Phi) is 6.38. The largest absolute Gasteiger partial charge is 0.299 e. The number of hydrogen-bond acceptors (Lipinski definition) is 5. The number of aryl methyl sites for hydroxylation is 2. The van der Waals surface area contributed by atoms with Gasteiger partial charge in [-0.25, -0.2) is 13.2 Å². The van der Waals surface area contributed by atoms with Crippen LogP contribution in [0.5, 0.6) is 0 Å². The molecular formula is C22H17F5N6. The van der Waals surface area contributed by atoms with E-state index in [2.05, 4.69) is 25.4 Å². The lowest BCUT2D eigenvalue weighted by molar-refractivity contribution is -0.0469. The Morgan fingerprint density at radius 3 is 2.27 bits per heavy atom. The van der Waals surface area contributed by atoms with Gasteiger partial charge in [0.1, 0.15) is 23.1 Å². The second kappa shape index (κ2) is 9.39. The molecule has 2 aromatic heterocycles. The summed E-state index contributed by atoms with van der Waals surface area (Å²) in [5.74, 6) is -7.84. The van der Waals surface area contributed by atoms with E-state index in [1.165, 1.54) is 18.3 Å². The van der Waals surface area contributed by atoms with Crippen molar-refractivity contribution in [1.29, 1.82) is 0 Å². The molecule has 11 heteroatoms. The van der Waals surface area contributed by atoms with Crippen molar-refractivity contribution in [3.05, 3.63) is 101 Å². The van der Waals surface area contributed by atoms with Crippen LogP contribution in [0, 0.1) is 17.5 Å². The molecule has 1 unspecified atom stereocenters. The minimum atomic E-state index is -3.69. The first-order valence-electron chi connectivity index (χ1n) is 9.92. The number of nitrogens with zero attached hydrogens (tertiary/aromatic N) is 6. The minimum absolute atomic E-state index is 0.349. The molecule has 0 saturated heterocycles. The summed E-state index contributed by atoms with van der Waals surface area (Å²) in [6.07, 6.45) is 4.14. The molecule has 0 aliphatic rings. The van der Waals surface area contributed by atoms with E-state index in [9.17, 15) is 13.2 Å². The molecular weight excluding hydrogens is 443 g/mol. The average molecular weight is 460 g/mol. The van der Waals surface area contributed by atoms with Gasteiger partial charge in [-0.15, -0.1) is 10.2 Å². The van der Waals surface area contributed by atoms with E-state index in [0.29, 0.717) is 24.6 Å². The maximum absolute atomic E-state index is 15.5. The first-order valence-corrected chi connectivity index (χ1v) is 9.92. The lowest BCUT2D eigenvalue weighted by Gasteiger charge is -2.26. The van der Waals surface area contributed by atoms with E-state index in [-0.39, 0.29) is 5.82 Å². The average Bonchev–Trinajstić information content (AvgIpc) is 3.31. The molecule has 0 spiro atoms. The Hall–Kier alpha value is -3.76. The third kappa shape index (κ3) is 5.18. The van der Waals surface area contributed by atoms with Crippen molar-refractivity contribution in [2.45, 2.75) is 31.2 Å². The molecule has 1 atom stereocenters. The topological polar surface area (TPSA) is 69.4 Å². The fourth-order valence-corrected chi connectivity index (χ4v) is 3.39. The van der Waals surface area contributed by atoms with Crippen molar-refractivity contribution < 1.29 is 22.0 Å². The van der Waals surface area contributed by atoms with Gasteiger partial charge in [-0.05, 0) is 47.4 Å². The zero-order valence-corrected chi connectivity index (χ0v) is 17.0. The summed E-state index contributed by atoms with van der Waals surface area (Å²) in [6, 6.07) is 8.34. The summed E-state index contributed by atoms with van der Waals surface area (Å²) in [5, 5.41) is 10.8. The summed E-state index contributed by atoms with van der Waals surface area (Å²) in [6.45, 7) is -0.524. The Bertz CT molecular complexity index is 1200. The fraction of sp³-hybridized carbons (Fsp3) is 0.227. The summed E-state index contributed by atoms with van der Waals surface area (Å²) >= 11 is 0. The van der Waals surface area contributed by atoms with Gasteiger partial charge in [-0.1, -0.05) is 18.2 Å². The highest BCUT2D eigenvalue weighted by Gasteiger charge is 2.46. The number of alkyl halides is 2. The third-order valence-electron chi connectivity index (χ3n) is 5.14. The summed E-state index contributed by atoms with van der Waals surface area (Å²) in [5.41, 5.74) is 0.226. The second-order valence-electron chi connectivity index (χ2n) is 7.35. The highest BCUT2D eigenvalue weighted by Crippen LogP contribution is 2.43. The molecule has 33 heavy (non-hydrogen) atoms. The van der Waals surface area contributed by atoms with Gasteiger partial charge in [-0.2, -0.15) is 13.6 Å². The molecule has 170 valence electrons. The molecule has 2 heterocycles. The smallest absolute Gasteiger partial charge is 0.258 e. The van der Waals surface area contributed by atoms with Gasteiger partial charge in [0.05, 0.1) is 24.4 Å². The van der Waals surface area contributed by atoms with Crippen LogP contribution >= 0.6 is 0 Å².